The molecule has 0 spiro atoms. The predicted octanol–water partition coefficient (Wildman–Crippen LogP) is 4.05. The van der Waals surface area contributed by atoms with Gasteiger partial charge in [-0.25, -0.2) is 0 Å². The van der Waals surface area contributed by atoms with Crippen LogP contribution in [0.1, 0.15) is 17.3 Å². The summed E-state index contributed by atoms with van der Waals surface area (Å²) in [5.41, 5.74) is 1.28. The van der Waals surface area contributed by atoms with Gasteiger partial charge in [0.05, 0.1) is 0 Å². The lowest BCUT2D eigenvalue weighted by molar-refractivity contribution is -0.164. The maximum absolute atomic E-state index is 12.7. The van der Waals surface area contributed by atoms with Crippen LogP contribution in [0.15, 0.2) is 52.8 Å². The normalized spacial score (nSPS) is 16.6. The fourth-order valence-electron chi connectivity index (χ4n) is 1.87. The molecule has 0 aliphatic carbocycles. The van der Waals surface area contributed by atoms with E-state index < -0.39 is 12.3 Å². The Morgan fingerprint density at radius 1 is 1.05 bits per heavy atom. The molecule has 1 atom stereocenters. The summed E-state index contributed by atoms with van der Waals surface area (Å²) in [4.78, 5) is 0. The molecule has 2 aromatic rings. The van der Waals surface area contributed by atoms with E-state index in [0.29, 0.717) is 5.56 Å². The van der Waals surface area contributed by atoms with E-state index in [1.807, 2.05) is 30.3 Å². The van der Waals surface area contributed by atoms with Gasteiger partial charge >= 0.3 is 6.18 Å². The van der Waals surface area contributed by atoms with Gasteiger partial charge in [0.2, 0.25) is 6.17 Å². The van der Waals surface area contributed by atoms with Crippen molar-refractivity contribution in [3.05, 3.63) is 53.7 Å². The number of fused-ring (bicyclic) bond motifs is 1. The van der Waals surface area contributed by atoms with Crippen LogP contribution in [-0.4, -0.2) is 10.7 Å². The molecule has 20 heavy (non-hydrogen) atoms. The van der Waals surface area contributed by atoms with Gasteiger partial charge in [0.1, 0.15) is 0 Å². The summed E-state index contributed by atoms with van der Waals surface area (Å²) < 4.78 is 39.0. The number of benzene rings is 1. The molecular formula is C14H8F3N3. The molecule has 0 saturated carbocycles. The van der Waals surface area contributed by atoms with Crippen LogP contribution in [0.5, 0.6) is 0 Å². The highest BCUT2D eigenvalue weighted by atomic mass is 19.4. The van der Waals surface area contributed by atoms with Gasteiger partial charge in [-0.1, -0.05) is 30.0 Å². The molecule has 0 radical (unpaired) electrons. The smallest absolute Gasteiger partial charge is 0.298 e. The first kappa shape index (κ1) is 12.5. The van der Waals surface area contributed by atoms with Gasteiger partial charge in [-0.3, -0.25) is 4.57 Å². The van der Waals surface area contributed by atoms with Crippen LogP contribution in [0.2, 0.25) is 0 Å². The number of rotatable bonds is 0. The van der Waals surface area contributed by atoms with Crippen molar-refractivity contribution in [2.45, 2.75) is 12.3 Å². The van der Waals surface area contributed by atoms with Gasteiger partial charge in [0, 0.05) is 23.4 Å². The second-order valence-electron chi connectivity index (χ2n) is 4.24. The Hall–Kier alpha value is -2.55. The van der Waals surface area contributed by atoms with E-state index in [1.165, 1.54) is 12.3 Å². The number of hydrogen-bond acceptors (Lipinski definition) is 2. The average molecular weight is 275 g/mol. The van der Waals surface area contributed by atoms with Crippen LogP contribution in [0.25, 0.3) is 0 Å². The summed E-state index contributed by atoms with van der Waals surface area (Å²) in [5.74, 6) is 5.88. The van der Waals surface area contributed by atoms with Crippen molar-refractivity contribution in [1.29, 1.82) is 0 Å². The van der Waals surface area contributed by atoms with Crippen molar-refractivity contribution in [2.75, 3.05) is 0 Å². The fraction of sp³-hybridized carbons (Fsp3) is 0.143. The van der Waals surface area contributed by atoms with E-state index in [9.17, 15) is 13.2 Å². The van der Waals surface area contributed by atoms with Crippen LogP contribution >= 0.6 is 0 Å². The molecule has 100 valence electrons. The topological polar surface area (TPSA) is 29.6 Å². The Kier molecular flexibility index (Phi) is 2.83. The fourth-order valence-corrected chi connectivity index (χ4v) is 1.87. The molecule has 1 aromatic carbocycles. The molecule has 1 unspecified atom stereocenters. The number of nitrogens with zero attached hydrogens (tertiary/aromatic N) is 3. The number of azo groups is 1. The van der Waals surface area contributed by atoms with Gasteiger partial charge < -0.3 is 0 Å². The first-order chi connectivity index (χ1) is 9.54. The Labute approximate surface area is 112 Å². The molecule has 0 fully saturated rings. The largest absolute Gasteiger partial charge is 0.431 e. The Bertz CT molecular complexity index is 718. The van der Waals surface area contributed by atoms with Crippen molar-refractivity contribution in [3.8, 4) is 11.8 Å². The second kappa shape index (κ2) is 4.53. The number of alkyl halides is 3. The standard InChI is InChI=1S/C14H8F3N3/c15-14(16,17)13-19-18-12-8-11(9-20(12)13)7-6-10-4-2-1-3-5-10/h1-5,8-9,13H. The van der Waals surface area contributed by atoms with Crippen LogP contribution in [0.3, 0.4) is 0 Å². The molecule has 1 aliphatic rings. The lowest BCUT2D eigenvalue weighted by Gasteiger charge is -2.12. The Balaban J connectivity index is 1.89. The summed E-state index contributed by atoms with van der Waals surface area (Å²) in [6, 6.07) is 10.7. The van der Waals surface area contributed by atoms with Crippen LogP contribution in [-0.2, 0) is 0 Å². The minimum absolute atomic E-state index is 0.171. The van der Waals surface area contributed by atoms with E-state index in [-0.39, 0.29) is 5.82 Å². The summed E-state index contributed by atoms with van der Waals surface area (Å²) in [7, 11) is 0. The molecule has 0 N–H and O–H groups in total. The van der Waals surface area contributed by atoms with Gasteiger partial charge in [-0.15, -0.1) is 5.11 Å². The van der Waals surface area contributed by atoms with Crippen molar-refractivity contribution in [3.63, 3.8) is 0 Å². The summed E-state index contributed by atoms with van der Waals surface area (Å²) in [5, 5.41) is 6.73. The average Bonchev–Trinajstić information content (AvgIpc) is 2.95. The van der Waals surface area contributed by atoms with E-state index in [4.69, 9.17) is 0 Å². The van der Waals surface area contributed by atoms with Crippen molar-refractivity contribution in [2.24, 2.45) is 10.2 Å². The van der Waals surface area contributed by atoms with E-state index >= 15 is 0 Å². The monoisotopic (exact) mass is 275 g/mol. The lowest BCUT2D eigenvalue weighted by Crippen LogP contribution is -2.21. The molecule has 1 aliphatic heterocycles. The van der Waals surface area contributed by atoms with Crippen molar-refractivity contribution >= 4 is 5.82 Å². The summed E-state index contributed by atoms with van der Waals surface area (Å²) in [6.45, 7) is 0. The molecule has 0 amide bonds. The van der Waals surface area contributed by atoms with Gasteiger partial charge in [-0.2, -0.15) is 18.3 Å². The third-order valence-corrected chi connectivity index (χ3v) is 2.78. The third-order valence-electron chi connectivity index (χ3n) is 2.78. The number of hydrogen-bond donors (Lipinski definition) is 0. The molecule has 1 aromatic heterocycles. The van der Waals surface area contributed by atoms with Crippen molar-refractivity contribution in [1.82, 2.24) is 4.57 Å². The van der Waals surface area contributed by atoms with Crippen LogP contribution < -0.4 is 0 Å². The first-order valence-corrected chi connectivity index (χ1v) is 5.80. The molecule has 2 heterocycles. The highest BCUT2D eigenvalue weighted by molar-refractivity contribution is 5.48. The molecule has 0 bridgehead atoms. The maximum Gasteiger partial charge on any atom is 0.431 e. The first-order valence-electron chi connectivity index (χ1n) is 5.80. The molecule has 6 heteroatoms. The quantitative estimate of drug-likeness (QED) is 0.649. The zero-order chi connectivity index (χ0) is 14.2. The maximum atomic E-state index is 12.7. The minimum Gasteiger partial charge on any atom is -0.298 e. The van der Waals surface area contributed by atoms with Crippen molar-refractivity contribution < 1.29 is 13.2 Å². The van der Waals surface area contributed by atoms with E-state index in [1.54, 1.807) is 0 Å². The van der Waals surface area contributed by atoms with E-state index in [2.05, 4.69) is 22.1 Å². The number of halogens is 3. The minimum atomic E-state index is -4.45. The second-order valence-corrected chi connectivity index (χ2v) is 4.24. The Morgan fingerprint density at radius 3 is 2.45 bits per heavy atom. The van der Waals surface area contributed by atoms with Gasteiger partial charge in [0.15, 0.2) is 5.82 Å². The van der Waals surface area contributed by atoms with Gasteiger partial charge in [-0.05, 0) is 12.1 Å². The predicted molar refractivity (Wildman–Crippen MR) is 66.5 cm³/mol. The molecule has 3 nitrogen and oxygen atoms in total. The van der Waals surface area contributed by atoms with Crippen LogP contribution in [0.4, 0.5) is 19.0 Å². The lowest BCUT2D eigenvalue weighted by atomic mass is 10.2. The zero-order valence-corrected chi connectivity index (χ0v) is 10.1. The van der Waals surface area contributed by atoms with Crippen LogP contribution in [0, 0.1) is 11.8 Å². The summed E-state index contributed by atoms with van der Waals surface area (Å²) >= 11 is 0. The molecule has 0 saturated heterocycles. The third kappa shape index (κ3) is 2.30. The highest BCUT2D eigenvalue weighted by Gasteiger charge is 2.44. The number of aromatic nitrogens is 1. The highest BCUT2D eigenvalue weighted by Crippen LogP contribution is 2.40. The van der Waals surface area contributed by atoms with E-state index in [0.717, 1.165) is 10.1 Å². The molecule has 3 rings (SSSR count). The molecular weight excluding hydrogens is 267 g/mol. The Morgan fingerprint density at radius 2 is 1.75 bits per heavy atom. The van der Waals surface area contributed by atoms with Gasteiger partial charge in [0.25, 0.3) is 0 Å². The summed E-state index contributed by atoms with van der Waals surface area (Å²) in [6.07, 6.45) is -5.06. The zero-order valence-electron chi connectivity index (χ0n) is 10.1. The SMILES string of the molecule is FC(F)(F)C1N=Nc2cc(C#Cc3ccccc3)cn21.